The van der Waals surface area contributed by atoms with Crippen LogP contribution in [0.5, 0.6) is 0 Å². The Morgan fingerprint density at radius 1 is 1.29 bits per heavy atom. The molecule has 0 aliphatic carbocycles. The van der Waals surface area contributed by atoms with Crippen LogP contribution in [0.25, 0.3) is 0 Å². The molecule has 0 aromatic heterocycles. The van der Waals surface area contributed by atoms with Crippen molar-refractivity contribution >= 4 is 5.71 Å². The Hall–Kier alpha value is -0.330. The molecule has 0 saturated carbocycles. The quantitative estimate of drug-likeness (QED) is 0.396. The van der Waals surface area contributed by atoms with Gasteiger partial charge >= 0.3 is 0 Å². The zero-order valence-corrected chi connectivity index (χ0v) is 5.07. The lowest BCUT2D eigenvalue weighted by atomic mass is 10.2. The molecule has 40 valence electrons. The second kappa shape index (κ2) is 1.65. The predicted molar refractivity (Wildman–Crippen MR) is 31.0 cm³/mol. The molecule has 1 aliphatic heterocycles. The second-order valence-electron chi connectivity index (χ2n) is 2.29. The molecule has 0 atom stereocenters. The minimum atomic E-state index is 1.29. The van der Waals surface area contributed by atoms with Crippen LogP contribution in [0.4, 0.5) is 0 Å². The van der Waals surface area contributed by atoms with E-state index in [2.05, 4.69) is 18.4 Å². The first kappa shape index (κ1) is 4.82. The lowest BCUT2D eigenvalue weighted by Crippen LogP contribution is -2.31. The van der Waals surface area contributed by atoms with Crippen LogP contribution in [0.15, 0.2) is 0 Å². The smallest absolute Gasteiger partial charge is 0.148 e. The maximum Gasteiger partial charge on any atom is 0.148 e. The average Bonchev–Trinajstić information content (AvgIpc) is 1.23. The largest absolute Gasteiger partial charge is 0.237 e. The number of nitrogens with zero attached hydrogens (tertiary/aromatic N) is 1. The zero-order chi connectivity index (χ0) is 5.28. The maximum atomic E-state index is 2.39. The van der Waals surface area contributed by atoms with Crippen molar-refractivity contribution in [3.8, 4) is 0 Å². The molecule has 0 amide bonds. The first-order chi connectivity index (χ1) is 3.30. The second-order valence-corrected chi connectivity index (χ2v) is 2.29. The Morgan fingerprint density at radius 3 is 1.86 bits per heavy atom. The van der Waals surface area contributed by atoms with E-state index in [1.165, 1.54) is 25.2 Å². The molecule has 1 saturated heterocycles. The van der Waals surface area contributed by atoms with E-state index < -0.39 is 0 Å². The highest BCUT2D eigenvalue weighted by Gasteiger charge is 2.15. The van der Waals surface area contributed by atoms with Gasteiger partial charge in [0.1, 0.15) is 18.8 Å². The molecular weight excluding hydrogens is 86.1 g/mol. The van der Waals surface area contributed by atoms with Crippen LogP contribution in [0, 0.1) is 0 Å². The van der Waals surface area contributed by atoms with Crippen LogP contribution in [0.2, 0.25) is 0 Å². The molecule has 0 radical (unpaired) electrons. The van der Waals surface area contributed by atoms with Crippen LogP contribution in [0.1, 0.15) is 20.3 Å². The Morgan fingerprint density at radius 2 is 1.86 bits per heavy atom. The molecule has 1 heteroatoms. The molecular formula is C6H12N+. The highest BCUT2D eigenvalue weighted by molar-refractivity contribution is 5.73. The van der Waals surface area contributed by atoms with Crippen molar-refractivity contribution in [1.82, 2.24) is 0 Å². The van der Waals surface area contributed by atoms with Gasteiger partial charge in [-0.15, -0.1) is 0 Å². The molecule has 0 aromatic carbocycles. The average molecular weight is 98.2 g/mol. The van der Waals surface area contributed by atoms with E-state index in [4.69, 9.17) is 0 Å². The van der Waals surface area contributed by atoms with E-state index in [9.17, 15) is 0 Å². The number of hydrogen-bond donors (Lipinski definition) is 0. The third kappa shape index (κ3) is 0.817. The molecule has 0 bridgehead atoms. The van der Waals surface area contributed by atoms with Gasteiger partial charge in [0.25, 0.3) is 0 Å². The van der Waals surface area contributed by atoms with Crippen molar-refractivity contribution in [1.29, 1.82) is 0 Å². The SMILES string of the molecule is CC(C)=[N+]1CCC1. The van der Waals surface area contributed by atoms with Gasteiger partial charge in [-0.3, -0.25) is 0 Å². The van der Waals surface area contributed by atoms with Crippen molar-refractivity contribution < 1.29 is 4.58 Å². The Kier molecular flexibility index (Phi) is 1.13. The number of rotatable bonds is 0. The van der Waals surface area contributed by atoms with Crippen molar-refractivity contribution in [3.05, 3.63) is 0 Å². The Bertz CT molecular complexity index is 92.7. The summed E-state index contributed by atoms with van der Waals surface area (Å²) in [7, 11) is 0. The van der Waals surface area contributed by atoms with Crippen LogP contribution in [-0.4, -0.2) is 23.4 Å². The molecule has 7 heavy (non-hydrogen) atoms. The van der Waals surface area contributed by atoms with Crippen molar-refractivity contribution in [2.45, 2.75) is 20.3 Å². The fourth-order valence-corrected chi connectivity index (χ4v) is 0.763. The van der Waals surface area contributed by atoms with Crippen LogP contribution < -0.4 is 0 Å². The van der Waals surface area contributed by atoms with E-state index in [0.29, 0.717) is 0 Å². The van der Waals surface area contributed by atoms with E-state index in [1.54, 1.807) is 0 Å². The topological polar surface area (TPSA) is 3.01 Å². The summed E-state index contributed by atoms with van der Waals surface area (Å²) in [6.07, 6.45) is 1.39. The van der Waals surface area contributed by atoms with E-state index in [-0.39, 0.29) is 0 Å². The minimum Gasteiger partial charge on any atom is -0.237 e. The fraction of sp³-hybridized carbons (Fsp3) is 0.833. The lowest BCUT2D eigenvalue weighted by molar-refractivity contribution is -0.584. The lowest BCUT2D eigenvalue weighted by Gasteiger charge is -2.11. The van der Waals surface area contributed by atoms with Crippen molar-refractivity contribution in [2.75, 3.05) is 13.1 Å². The first-order valence-electron chi connectivity index (χ1n) is 2.86. The number of hydrogen-bond acceptors (Lipinski definition) is 0. The van der Waals surface area contributed by atoms with Gasteiger partial charge in [-0.1, -0.05) is 0 Å². The third-order valence-electron chi connectivity index (χ3n) is 1.49. The van der Waals surface area contributed by atoms with Gasteiger partial charge in [-0.2, -0.15) is 0 Å². The summed E-state index contributed by atoms with van der Waals surface area (Å²) >= 11 is 0. The van der Waals surface area contributed by atoms with Crippen molar-refractivity contribution in [2.24, 2.45) is 0 Å². The van der Waals surface area contributed by atoms with Crippen LogP contribution in [-0.2, 0) is 0 Å². The van der Waals surface area contributed by atoms with Gasteiger partial charge < -0.3 is 0 Å². The van der Waals surface area contributed by atoms with Crippen molar-refractivity contribution in [3.63, 3.8) is 0 Å². The predicted octanol–water partition coefficient (Wildman–Crippen LogP) is 0.883. The summed E-state index contributed by atoms with van der Waals surface area (Å²) in [4.78, 5) is 0. The highest BCUT2D eigenvalue weighted by Crippen LogP contribution is 1.97. The molecule has 1 aliphatic rings. The van der Waals surface area contributed by atoms with E-state index in [1.807, 2.05) is 0 Å². The standard InChI is InChI=1S/C6H12N/c1-6(2)7-4-3-5-7/h3-5H2,1-2H3/q+1. The Balaban J connectivity index is 2.52. The maximum absolute atomic E-state index is 2.39. The summed E-state index contributed by atoms with van der Waals surface area (Å²) in [5, 5.41) is 0. The first-order valence-corrected chi connectivity index (χ1v) is 2.86. The summed E-state index contributed by atoms with van der Waals surface area (Å²) in [5.41, 5.74) is 1.46. The van der Waals surface area contributed by atoms with E-state index in [0.717, 1.165) is 0 Å². The molecule has 0 N–H and O–H groups in total. The normalized spacial score (nSPS) is 18.9. The molecule has 1 nitrogen and oxygen atoms in total. The molecule has 0 aromatic rings. The molecule has 1 rings (SSSR count). The zero-order valence-electron chi connectivity index (χ0n) is 5.07. The molecule has 1 fully saturated rings. The van der Waals surface area contributed by atoms with Gasteiger partial charge in [0.15, 0.2) is 0 Å². The van der Waals surface area contributed by atoms with Gasteiger partial charge in [0, 0.05) is 13.8 Å². The van der Waals surface area contributed by atoms with Crippen LogP contribution in [0.3, 0.4) is 0 Å². The highest BCUT2D eigenvalue weighted by atomic mass is 15.1. The van der Waals surface area contributed by atoms with Crippen LogP contribution >= 0.6 is 0 Å². The van der Waals surface area contributed by atoms with Gasteiger partial charge in [-0.05, 0) is 0 Å². The van der Waals surface area contributed by atoms with E-state index >= 15 is 0 Å². The monoisotopic (exact) mass is 98.1 g/mol. The summed E-state index contributed by atoms with van der Waals surface area (Å²) in [6.45, 7) is 6.92. The van der Waals surface area contributed by atoms with Gasteiger partial charge in [0.2, 0.25) is 0 Å². The molecule has 1 heterocycles. The van der Waals surface area contributed by atoms with Gasteiger partial charge in [-0.25, -0.2) is 4.58 Å². The Labute approximate surface area is 44.7 Å². The molecule has 0 unspecified atom stereocenters. The molecule has 0 spiro atoms. The fourth-order valence-electron chi connectivity index (χ4n) is 0.763. The minimum absolute atomic E-state index is 1.29. The summed E-state index contributed by atoms with van der Waals surface area (Å²) in [6, 6.07) is 0. The third-order valence-corrected chi connectivity index (χ3v) is 1.49. The van der Waals surface area contributed by atoms with Gasteiger partial charge in [0.05, 0.1) is 6.42 Å². The summed E-state index contributed by atoms with van der Waals surface area (Å²) < 4.78 is 2.39. The summed E-state index contributed by atoms with van der Waals surface area (Å²) in [5.74, 6) is 0.